The van der Waals surface area contributed by atoms with Gasteiger partial charge >= 0.3 is 6.18 Å². The van der Waals surface area contributed by atoms with Gasteiger partial charge < -0.3 is 5.73 Å². The van der Waals surface area contributed by atoms with Gasteiger partial charge in [-0.3, -0.25) is 0 Å². The molecule has 1 nitrogen and oxygen atoms in total. The monoisotopic (exact) mass is 243 g/mol. The van der Waals surface area contributed by atoms with Crippen LogP contribution in [-0.2, 0) is 12.6 Å². The summed E-state index contributed by atoms with van der Waals surface area (Å²) in [5.41, 5.74) is 6.56. The summed E-state index contributed by atoms with van der Waals surface area (Å²) in [6.07, 6.45) is -1.69. The summed E-state index contributed by atoms with van der Waals surface area (Å²) in [4.78, 5) is 0. The highest BCUT2D eigenvalue weighted by Gasteiger charge is 2.31. The summed E-state index contributed by atoms with van der Waals surface area (Å²) in [6, 6.07) is 4.53. The molecule has 0 amide bonds. The molecule has 2 N–H and O–H groups in total. The Labute approximate surface area is 98.8 Å². The number of hydrogen-bond donors (Lipinski definition) is 1. The van der Waals surface area contributed by atoms with E-state index in [1.807, 2.05) is 6.07 Å². The molecule has 1 aromatic carbocycles. The third kappa shape index (κ3) is 3.00. The van der Waals surface area contributed by atoms with Gasteiger partial charge in [-0.1, -0.05) is 11.6 Å². The van der Waals surface area contributed by atoms with Crippen LogP contribution in [-0.4, -0.2) is 6.04 Å². The first-order chi connectivity index (χ1) is 7.84. The van der Waals surface area contributed by atoms with Crippen molar-refractivity contribution in [2.45, 2.75) is 38.4 Å². The maximum atomic E-state index is 12.6. The van der Waals surface area contributed by atoms with Crippen molar-refractivity contribution in [3.63, 3.8) is 0 Å². The largest absolute Gasteiger partial charge is 0.416 e. The third-order valence-corrected chi connectivity index (χ3v) is 3.26. The molecule has 4 heteroatoms. The first-order valence-electron chi connectivity index (χ1n) is 5.78. The van der Waals surface area contributed by atoms with Crippen LogP contribution in [0.2, 0.25) is 0 Å². The van der Waals surface area contributed by atoms with Crippen LogP contribution >= 0.6 is 0 Å². The average Bonchev–Trinajstić information content (AvgIpc) is 2.13. The normalized spacial score (nSPS) is 24.5. The van der Waals surface area contributed by atoms with Gasteiger partial charge in [0.1, 0.15) is 0 Å². The van der Waals surface area contributed by atoms with Gasteiger partial charge in [-0.2, -0.15) is 13.2 Å². The van der Waals surface area contributed by atoms with Crippen molar-refractivity contribution in [3.05, 3.63) is 34.9 Å². The molecule has 1 aromatic rings. The van der Waals surface area contributed by atoms with E-state index in [0.29, 0.717) is 17.9 Å². The number of halogens is 3. The van der Waals surface area contributed by atoms with Gasteiger partial charge in [-0.25, -0.2) is 0 Å². The van der Waals surface area contributed by atoms with Crippen molar-refractivity contribution in [1.29, 1.82) is 0 Å². The van der Waals surface area contributed by atoms with Crippen LogP contribution in [0.4, 0.5) is 13.2 Å². The molecule has 94 valence electrons. The van der Waals surface area contributed by atoms with Gasteiger partial charge in [0.25, 0.3) is 0 Å². The second-order valence-corrected chi connectivity index (χ2v) is 5.01. The Morgan fingerprint density at radius 2 is 1.88 bits per heavy atom. The first kappa shape index (κ1) is 12.4. The van der Waals surface area contributed by atoms with E-state index in [2.05, 4.69) is 0 Å². The predicted molar refractivity (Wildman–Crippen MR) is 60.6 cm³/mol. The highest BCUT2D eigenvalue weighted by molar-refractivity contribution is 5.31. The van der Waals surface area contributed by atoms with Crippen LogP contribution in [0.3, 0.4) is 0 Å². The lowest BCUT2D eigenvalue weighted by Crippen LogP contribution is -2.37. The molecule has 1 aliphatic rings. The van der Waals surface area contributed by atoms with E-state index in [-0.39, 0.29) is 6.04 Å². The zero-order valence-corrected chi connectivity index (χ0v) is 9.72. The molecule has 1 saturated carbocycles. The fraction of sp³-hybridized carbons (Fsp3) is 0.538. The molecule has 0 atom stereocenters. The highest BCUT2D eigenvalue weighted by atomic mass is 19.4. The Kier molecular flexibility index (Phi) is 3.17. The first-order valence-corrected chi connectivity index (χ1v) is 5.78. The van der Waals surface area contributed by atoms with Crippen LogP contribution in [0.25, 0.3) is 0 Å². The number of alkyl halides is 3. The Bertz CT molecular complexity index is 406. The van der Waals surface area contributed by atoms with E-state index >= 15 is 0 Å². The van der Waals surface area contributed by atoms with Gasteiger partial charge in [0.2, 0.25) is 0 Å². The molecule has 0 aromatic heterocycles. The molecule has 0 heterocycles. The second-order valence-electron chi connectivity index (χ2n) is 5.01. The number of aryl methyl sites for hydroxylation is 1. The number of hydrogen-bond acceptors (Lipinski definition) is 1. The van der Waals surface area contributed by atoms with E-state index in [0.717, 1.165) is 18.4 Å². The molecule has 1 aliphatic carbocycles. The highest BCUT2D eigenvalue weighted by Crippen LogP contribution is 2.33. The quantitative estimate of drug-likeness (QED) is 0.847. The molecule has 0 spiro atoms. The van der Waals surface area contributed by atoms with Crippen molar-refractivity contribution in [3.8, 4) is 0 Å². The lowest BCUT2D eigenvalue weighted by Gasteiger charge is -2.32. The van der Waals surface area contributed by atoms with Crippen LogP contribution in [0.15, 0.2) is 18.2 Å². The molecule has 0 aliphatic heterocycles. The van der Waals surface area contributed by atoms with Gasteiger partial charge in [-0.05, 0) is 49.8 Å². The fourth-order valence-electron chi connectivity index (χ4n) is 2.43. The number of rotatable bonds is 2. The zero-order valence-electron chi connectivity index (χ0n) is 9.72. The molecule has 1 fully saturated rings. The number of benzene rings is 1. The Balaban J connectivity index is 2.14. The Morgan fingerprint density at radius 1 is 1.24 bits per heavy atom. The maximum Gasteiger partial charge on any atom is 0.416 e. The third-order valence-electron chi connectivity index (χ3n) is 3.26. The lowest BCUT2D eigenvalue weighted by atomic mass is 9.77. The summed E-state index contributed by atoms with van der Waals surface area (Å²) in [6.45, 7) is 1.70. The van der Waals surface area contributed by atoms with Crippen molar-refractivity contribution >= 4 is 0 Å². The van der Waals surface area contributed by atoms with Crippen LogP contribution in [0.1, 0.15) is 29.5 Å². The summed E-state index contributed by atoms with van der Waals surface area (Å²) >= 11 is 0. The molecular formula is C13H16F3N. The lowest BCUT2D eigenvalue weighted by molar-refractivity contribution is -0.137. The molecular weight excluding hydrogens is 227 g/mol. The number of nitrogens with two attached hydrogens (primary N) is 1. The summed E-state index contributed by atoms with van der Waals surface area (Å²) in [5, 5.41) is 0. The van der Waals surface area contributed by atoms with Crippen molar-refractivity contribution in [1.82, 2.24) is 0 Å². The van der Waals surface area contributed by atoms with E-state index in [1.54, 1.807) is 6.92 Å². The molecule has 0 bridgehead atoms. The smallest absolute Gasteiger partial charge is 0.328 e. The molecule has 0 radical (unpaired) electrons. The van der Waals surface area contributed by atoms with Crippen molar-refractivity contribution < 1.29 is 13.2 Å². The van der Waals surface area contributed by atoms with Crippen LogP contribution in [0, 0.1) is 12.8 Å². The molecule has 0 unspecified atom stereocenters. The van der Waals surface area contributed by atoms with Crippen molar-refractivity contribution in [2.75, 3.05) is 0 Å². The predicted octanol–water partition coefficient (Wildman–Crippen LogP) is 3.29. The zero-order chi connectivity index (χ0) is 12.6. The van der Waals surface area contributed by atoms with Gasteiger partial charge in [-0.15, -0.1) is 0 Å². The minimum Gasteiger partial charge on any atom is -0.328 e. The molecule has 0 saturated heterocycles. The Morgan fingerprint density at radius 3 is 2.41 bits per heavy atom. The van der Waals surface area contributed by atoms with Gasteiger partial charge in [0.15, 0.2) is 0 Å². The van der Waals surface area contributed by atoms with E-state index in [1.165, 1.54) is 12.1 Å². The van der Waals surface area contributed by atoms with Gasteiger partial charge in [0, 0.05) is 6.04 Å². The molecule has 2 rings (SSSR count). The second kappa shape index (κ2) is 4.33. The summed E-state index contributed by atoms with van der Waals surface area (Å²) in [7, 11) is 0. The topological polar surface area (TPSA) is 26.0 Å². The van der Waals surface area contributed by atoms with E-state index in [4.69, 9.17) is 5.73 Å². The van der Waals surface area contributed by atoms with E-state index in [9.17, 15) is 13.2 Å². The van der Waals surface area contributed by atoms with Gasteiger partial charge in [0.05, 0.1) is 5.56 Å². The summed E-state index contributed by atoms with van der Waals surface area (Å²) < 4.78 is 37.9. The minimum absolute atomic E-state index is 0.242. The summed E-state index contributed by atoms with van der Waals surface area (Å²) in [5.74, 6) is 0.452. The fourth-order valence-corrected chi connectivity index (χ4v) is 2.43. The van der Waals surface area contributed by atoms with E-state index < -0.39 is 11.7 Å². The molecule has 17 heavy (non-hydrogen) atoms. The SMILES string of the molecule is Cc1cc(C[C@H]2C[C@H](N)C2)cc(C(F)(F)F)c1. The maximum absolute atomic E-state index is 12.6. The van der Waals surface area contributed by atoms with Crippen LogP contribution < -0.4 is 5.73 Å². The van der Waals surface area contributed by atoms with Crippen molar-refractivity contribution in [2.24, 2.45) is 11.7 Å². The van der Waals surface area contributed by atoms with Crippen LogP contribution in [0.5, 0.6) is 0 Å². The average molecular weight is 243 g/mol. The Hall–Kier alpha value is -1.03. The standard InChI is InChI=1S/C13H16F3N/c1-8-2-9(4-10-6-12(17)7-10)5-11(3-8)13(14,15)16/h2-3,5,10,12H,4,6-7,17H2,1H3/t10-,12-. The minimum atomic E-state index is -4.25.